The fourth-order valence-electron chi connectivity index (χ4n) is 3.96. The Labute approximate surface area is 217 Å². The Kier molecular flexibility index (Phi) is 17.8. The molecular weight excluding hydrogens is 501 g/mol. The second-order valence-corrected chi connectivity index (χ2v) is 23.0. The van der Waals surface area contributed by atoms with Crippen molar-refractivity contribution in [2.45, 2.75) is 89.6 Å². The highest BCUT2D eigenvalue weighted by atomic mass is 28.5. The average Bonchev–Trinajstić information content (AvgIpc) is 2.75. The third kappa shape index (κ3) is 17.7. The molecule has 0 rings (SSSR count). The molecule has 0 amide bonds. The lowest BCUT2D eigenvalue weighted by Gasteiger charge is -2.41. The molecule has 0 fully saturated rings. The highest BCUT2D eigenvalue weighted by molar-refractivity contribution is 6.88. The fourth-order valence-corrected chi connectivity index (χ4v) is 18.3. The number of esters is 1. The number of carbonyl (C=O) groups is 1. The van der Waals surface area contributed by atoms with Crippen LogP contribution in [0.5, 0.6) is 0 Å². The van der Waals surface area contributed by atoms with Crippen molar-refractivity contribution in [2.24, 2.45) is 0 Å². The van der Waals surface area contributed by atoms with E-state index in [4.69, 9.17) is 27.2 Å². The van der Waals surface area contributed by atoms with Gasteiger partial charge in [0.2, 0.25) is 0 Å². The number of aliphatic hydroxyl groups is 1. The summed E-state index contributed by atoms with van der Waals surface area (Å²) in [4.78, 5) is 11.6. The van der Waals surface area contributed by atoms with Crippen LogP contribution in [0.25, 0.3) is 0 Å². The van der Waals surface area contributed by atoms with Crippen LogP contribution >= 0.6 is 0 Å². The first-order valence-corrected chi connectivity index (χ1v) is 21.5. The zero-order valence-electron chi connectivity index (χ0n) is 23.6. The SMILES string of the molecule is C=C(C)C(=O)OCCC[Si](C)(C)O[Si](C)(CCCC(CO)OC)O[Si](C)(C)CCCOCCOC. The molecule has 0 aliphatic rings. The van der Waals surface area contributed by atoms with Gasteiger partial charge in [0.05, 0.1) is 32.5 Å². The maximum absolute atomic E-state index is 11.6. The lowest BCUT2D eigenvalue weighted by molar-refractivity contribution is -0.138. The summed E-state index contributed by atoms with van der Waals surface area (Å²) in [6.07, 6.45) is 3.22. The molecule has 0 saturated carbocycles. The lowest BCUT2D eigenvalue weighted by Crippen LogP contribution is -2.54. The summed E-state index contributed by atoms with van der Waals surface area (Å²) in [6, 6.07) is 2.74. The van der Waals surface area contributed by atoms with Crippen LogP contribution in [-0.4, -0.2) is 89.6 Å². The van der Waals surface area contributed by atoms with Crippen LogP contribution in [0.4, 0.5) is 0 Å². The summed E-state index contributed by atoms with van der Waals surface area (Å²) < 4.78 is 35.1. The van der Waals surface area contributed by atoms with Crippen molar-refractivity contribution >= 4 is 31.2 Å². The summed E-state index contributed by atoms with van der Waals surface area (Å²) in [5.41, 5.74) is 0.416. The van der Waals surface area contributed by atoms with Gasteiger partial charge in [-0.25, -0.2) is 4.79 Å². The van der Waals surface area contributed by atoms with Gasteiger partial charge in [0.15, 0.2) is 16.6 Å². The van der Waals surface area contributed by atoms with Gasteiger partial charge in [0.25, 0.3) is 0 Å². The van der Waals surface area contributed by atoms with Crippen molar-refractivity contribution in [3.63, 3.8) is 0 Å². The van der Waals surface area contributed by atoms with Crippen LogP contribution in [0, 0.1) is 0 Å². The Morgan fingerprint density at radius 1 is 0.857 bits per heavy atom. The molecule has 2 unspecified atom stereocenters. The quantitative estimate of drug-likeness (QED) is 0.0882. The van der Waals surface area contributed by atoms with Gasteiger partial charge in [-0.05, 0) is 83.5 Å². The van der Waals surface area contributed by atoms with Crippen LogP contribution in [-0.2, 0) is 32.0 Å². The Bertz CT molecular complexity index is 599. The molecule has 11 heteroatoms. The molecule has 0 aromatic carbocycles. The van der Waals surface area contributed by atoms with Crippen LogP contribution in [0.15, 0.2) is 12.2 Å². The third-order valence-electron chi connectivity index (χ3n) is 5.68. The van der Waals surface area contributed by atoms with E-state index >= 15 is 0 Å². The van der Waals surface area contributed by atoms with E-state index in [1.165, 1.54) is 0 Å². The first-order chi connectivity index (χ1) is 16.3. The minimum absolute atomic E-state index is 0.0168. The molecular formula is C24H52O8Si3. The fraction of sp³-hybridized carbons (Fsp3) is 0.875. The van der Waals surface area contributed by atoms with Gasteiger partial charge >= 0.3 is 14.5 Å². The van der Waals surface area contributed by atoms with Crippen molar-refractivity contribution in [1.29, 1.82) is 0 Å². The zero-order valence-corrected chi connectivity index (χ0v) is 26.6. The summed E-state index contributed by atoms with van der Waals surface area (Å²) in [7, 11) is -3.22. The molecule has 0 aliphatic carbocycles. The maximum Gasteiger partial charge on any atom is 0.333 e. The molecule has 0 saturated heterocycles. The number of carbonyl (C=O) groups excluding carboxylic acids is 1. The average molecular weight is 553 g/mol. The molecule has 0 spiro atoms. The molecule has 0 radical (unpaired) electrons. The molecule has 0 heterocycles. The Morgan fingerprint density at radius 2 is 1.43 bits per heavy atom. The first kappa shape index (κ1) is 34.6. The molecule has 1 N–H and O–H groups in total. The van der Waals surface area contributed by atoms with Gasteiger partial charge in [-0.1, -0.05) is 6.58 Å². The predicted molar refractivity (Wildman–Crippen MR) is 148 cm³/mol. The topological polar surface area (TPSA) is 92.7 Å². The third-order valence-corrected chi connectivity index (χ3v) is 17.9. The van der Waals surface area contributed by atoms with E-state index in [-0.39, 0.29) is 18.7 Å². The number of methoxy groups -OCH3 is 2. The van der Waals surface area contributed by atoms with Crippen molar-refractivity contribution in [3.05, 3.63) is 12.2 Å². The Balaban J connectivity index is 5.06. The van der Waals surface area contributed by atoms with E-state index < -0.39 is 25.2 Å². The smallest absolute Gasteiger partial charge is 0.333 e. The molecule has 0 aliphatic heterocycles. The van der Waals surface area contributed by atoms with Gasteiger partial charge in [-0.15, -0.1) is 0 Å². The van der Waals surface area contributed by atoms with Crippen LogP contribution in [0.3, 0.4) is 0 Å². The van der Waals surface area contributed by atoms with Crippen LogP contribution in [0.2, 0.25) is 50.9 Å². The number of rotatable bonds is 22. The molecule has 0 bridgehead atoms. The molecule has 0 aromatic rings. The highest BCUT2D eigenvalue weighted by Crippen LogP contribution is 2.30. The lowest BCUT2D eigenvalue weighted by atomic mass is 10.2. The van der Waals surface area contributed by atoms with Crippen LogP contribution in [0.1, 0.15) is 32.6 Å². The molecule has 0 aromatic heterocycles. The highest BCUT2D eigenvalue weighted by Gasteiger charge is 2.42. The number of hydrogen-bond acceptors (Lipinski definition) is 8. The van der Waals surface area contributed by atoms with E-state index in [1.54, 1.807) is 21.1 Å². The van der Waals surface area contributed by atoms with E-state index in [0.717, 1.165) is 43.8 Å². The molecule has 35 heavy (non-hydrogen) atoms. The molecule has 2 atom stereocenters. The second-order valence-electron chi connectivity index (χ2n) is 10.5. The zero-order chi connectivity index (χ0) is 27.0. The van der Waals surface area contributed by atoms with Gasteiger partial charge in [-0.2, -0.15) is 0 Å². The van der Waals surface area contributed by atoms with Gasteiger partial charge < -0.3 is 32.3 Å². The van der Waals surface area contributed by atoms with E-state index in [1.807, 2.05) is 0 Å². The van der Waals surface area contributed by atoms with Gasteiger partial charge in [0.1, 0.15) is 0 Å². The Morgan fingerprint density at radius 3 is 1.91 bits per heavy atom. The standard InChI is InChI=1S/C24H52O8Si3/c1-22(2)24(26)30-15-12-19-34(7,8)32-35(9,20-10-13-23(21-25)28-4)31-33(5,6)18-11-14-29-17-16-27-3/h23,25H,1,10-21H2,2-9H3. The maximum atomic E-state index is 11.6. The largest absolute Gasteiger partial charge is 0.462 e. The summed E-state index contributed by atoms with van der Waals surface area (Å²) in [6.45, 7) is 18.7. The van der Waals surface area contributed by atoms with E-state index in [9.17, 15) is 9.90 Å². The summed E-state index contributed by atoms with van der Waals surface area (Å²) >= 11 is 0. The normalized spacial score (nSPS) is 15.0. The van der Waals surface area contributed by atoms with E-state index in [2.05, 4.69) is 39.3 Å². The number of aliphatic hydroxyl groups excluding tert-OH is 1. The predicted octanol–water partition coefficient (Wildman–Crippen LogP) is 4.85. The van der Waals surface area contributed by atoms with Crippen molar-refractivity contribution in [3.8, 4) is 0 Å². The second kappa shape index (κ2) is 18.0. The minimum Gasteiger partial charge on any atom is -0.462 e. The molecule has 8 nitrogen and oxygen atoms in total. The van der Waals surface area contributed by atoms with Gasteiger partial charge in [-0.3, -0.25) is 0 Å². The van der Waals surface area contributed by atoms with Crippen molar-refractivity contribution < 1.29 is 37.1 Å². The minimum atomic E-state index is -2.49. The Hall–Kier alpha value is -0.379. The van der Waals surface area contributed by atoms with E-state index in [0.29, 0.717) is 32.0 Å². The summed E-state index contributed by atoms with van der Waals surface area (Å²) in [5.74, 6) is -0.344. The van der Waals surface area contributed by atoms with Gasteiger partial charge in [0, 0.05) is 26.4 Å². The number of hydrogen-bond donors (Lipinski definition) is 1. The summed E-state index contributed by atoms with van der Waals surface area (Å²) in [5, 5.41) is 9.47. The first-order valence-electron chi connectivity index (χ1n) is 12.7. The van der Waals surface area contributed by atoms with Crippen molar-refractivity contribution in [2.75, 3.05) is 47.3 Å². The van der Waals surface area contributed by atoms with Crippen molar-refractivity contribution in [1.82, 2.24) is 0 Å². The monoisotopic (exact) mass is 552 g/mol. The number of ether oxygens (including phenoxy) is 4. The van der Waals surface area contributed by atoms with Crippen LogP contribution < -0.4 is 0 Å². The molecule has 208 valence electrons.